The van der Waals surface area contributed by atoms with Gasteiger partial charge >= 0.3 is 5.97 Å². The molecule has 0 heterocycles. The van der Waals surface area contributed by atoms with Gasteiger partial charge in [-0.25, -0.2) is 0 Å². The number of carbonyl (C=O) groups excluding carboxylic acids is 2. The van der Waals surface area contributed by atoms with Gasteiger partial charge in [0, 0.05) is 12.8 Å². The van der Waals surface area contributed by atoms with Crippen LogP contribution < -0.4 is 5.32 Å². The van der Waals surface area contributed by atoms with E-state index in [2.05, 4.69) is 43.5 Å². The summed E-state index contributed by atoms with van der Waals surface area (Å²) >= 11 is 0. The van der Waals surface area contributed by atoms with Crippen molar-refractivity contribution in [2.45, 2.75) is 373 Å². The number of aliphatic hydroxyl groups is 2. The van der Waals surface area contributed by atoms with Crippen molar-refractivity contribution in [3.63, 3.8) is 0 Å². The summed E-state index contributed by atoms with van der Waals surface area (Å²) in [5.41, 5.74) is 0. The predicted octanol–water partition coefficient (Wildman–Crippen LogP) is 21.1. The molecule has 74 heavy (non-hydrogen) atoms. The summed E-state index contributed by atoms with van der Waals surface area (Å²) in [6.07, 6.45) is 80.8. The minimum Gasteiger partial charge on any atom is -0.466 e. The highest BCUT2D eigenvalue weighted by molar-refractivity contribution is 5.76. The highest BCUT2D eigenvalue weighted by atomic mass is 16.5. The molecular weight excluding hydrogens is 911 g/mol. The largest absolute Gasteiger partial charge is 0.466 e. The van der Waals surface area contributed by atoms with Crippen LogP contribution in [0.5, 0.6) is 0 Å². The van der Waals surface area contributed by atoms with Crippen LogP contribution in [0.1, 0.15) is 361 Å². The minimum absolute atomic E-state index is 0.0135. The van der Waals surface area contributed by atoms with Gasteiger partial charge < -0.3 is 20.3 Å². The summed E-state index contributed by atoms with van der Waals surface area (Å²) in [6, 6.07) is -0.625. The first-order valence-electron chi connectivity index (χ1n) is 33.3. The number of hydrogen-bond acceptors (Lipinski definition) is 5. The van der Waals surface area contributed by atoms with Crippen molar-refractivity contribution in [3.8, 4) is 0 Å². The summed E-state index contributed by atoms with van der Waals surface area (Å²) in [5.74, 6) is -0.0540. The van der Waals surface area contributed by atoms with E-state index in [1.165, 1.54) is 289 Å². The topological polar surface area (TPSA) is 95.9 Å². The molecule has 0 aliphatic carbocycles. The number of esters is 1. The Morgan fingerprint density at radius 1 is 0.365 bits per heavy atom. The molecule has 436 valence electrons. The van der Waals surface area contributed by atoms with E-state index >= 15 is 0 Å². The molecule has 0 bridgehead atoms. The maximum atomic E-state index is 12.4. The number of rotatable bonds is 62. The van der Waals surface area contributed by atoms with Gasteiger partial charge in [0.1, 0.15) is 0 Å². The molecule has 0 aromatic rings. The van der Waals surface area contributed by atoms with Gasteiger partial charge in [-0.05, 0) is 83.5 Å². The summed E-state index contributed by atoms with van der Waals surface area (Å²) in [4.78, 5) is 24.5. The van der Waals surface area contributed by atoms with Crippen LogP contribution in [0.3, 0.4) is 0 Å². The standard InChI is InChI=1S/C68H129NO5/c1-3-5-7-9-11-13-15-16-17-32-36-39-42-46-50-54-58-62-68(73)74-63-59-55-51-47-43-40-37-34-31-29-27-25-23-21-19-18-20-22-24-26-28-30-33-35-38-41-45-49-53-57-61-67(72)69-65(64-70)66(71)60-56-52-48-44-14-12-10-8-6-4-2/h16-17,19,21,56,60,65-66,70-71H,3-15,18,20,22-55,57-59,61-64H2,1-2H3,(H,69,72)/b17-16-,21-19-,60-56+. The van der Waals surface area contributed by atoms with Crippen LogP contribution in [0.15, 0.2) is 36.5 Å². The molecule has 0 aliphatic rings. The van der Waals surface area contributed by atoms with E-state index in [-0.39, 0.29) is 18.5 Å². The molecule has 6 heteroatoms. The fraction of sp³-hybridized carbons (Fsp3) is 0.882. The van der Waals surface area contributed by atoms with E-state index in [1.54, 1.807) is 6.08 Å². The fourth-order valence-electron chi connectivity index (χ4n) is 10.3. The first-order valence-corrected chi connectivity index (χ1v) is 33.3. The summed E-state index contributed by atoms with van der Waals surface area (Å²) in [7, 11) is 0. The Hall–Kier alpha value is -1.92. The summed E-state index contributed by atoms with van der Waals surface area (Å²) < 4.78 is 5.50. The van der Waals surface area contributed by atoms with Crippen LogP contribution in [0.2, 0.25) is 0 Å². The van der Waals surface area contributed by atoms with Crippen molar-refractivity contribution in [1.29, 1.82) is 0 Å². The van der Waals surface area contributed by atoms with Crippen LogP contribution in [-0.4, -0.2) is 47.4 Å². The average molecular weight is 1040 g/mol. The first-order chi connectivity index (χ1) is 36.5. The zero-order chi connectivity index (χ0) is 53.6. The van der Waals surface area contributed by atoms with Crippen molar-refractivity contribution in [1.82, 2.24) is 5.32 Å². The predicted molar refractivity (Wildman–Crippen MR) is 324 cm³/mol. The van der Waals surface area contributed by atoms with Crippen molar-refractivity contribution < 1.29 is 24.5 Å². The van der Waals surface area contributed by atoms with Gasteiger partial charge in [0.05, 0.1) is 25.4 Å². The number of aliphatic hydroxyl groups excluding tert-OH is 2. The normalized spacial score (nSPS) is 12.8. The van der Waals surface area contributed by atoms with Crippen LogP contribution in [0.25, 0.3) is 0 Å². The van der Waals surface area contributed by atoms with Gasteiger partial charge in [0.2, 0.25) is 5.91 Å². The highest BCUT2D eigenvalue weighted by Crippen LogP contribution is 2.17. The Bertz CT molecular complexity index is 1200. The lowest BCUT2D eigenvalue weighted by Gasteiger charge is -2.20. The molecule has 0 spiro atoms. The maximum Gasteiger partial charge on any atom is 0.305 e. The van der Waals surface area contributed by atoms with E-state index in [0.29, 0.717) is 19.4 Å². The lowest BCUT2D eigenvalue weighted by atomic mass is 10.0. The third-order valence-electron chi connectivity index (χ3n) is 15.4. The number of ether oxygens (including phenoxy) is 1. The van der Waals surface area contributed by atoms with Crippen LogP contribution >= 0.6 is 0 Å². The molecule has 0 aromatic carbocycles. The summed E-state index contributed by atoms with van der Waals surface area (Å²) in [6.45, 7) is 4.90. The van der Waals surface area contributed by atoms with Gasteiger partial charge in [-0.1, -0.05) is 301 Å². The molecule has 0 rings (SSSR count). The molecule has 2 atom stereocenters. The molecular formula is C68H129NO5. The van der Waals surface area contributed by atoms with Crippen LogP contribution in [0.4, 0.5) is 0 Å². The molecule has 6 nitrogen and oxygen atoms in total. The minimum atomic E-state index is -0.841. The molecule has 0 saturated heterocycles. The van der Waals surface area contributed by atoms with Gasteiger partial charge in [0.25, 0.3) is 0 Å². The second-order valence-corrected chi connectivity index (χ2v) is 22.8. The van der Waals surface area contributed by atoms with Crippen molar-refractivity contribution in [2.24, 2.45) is 0 Å². The first kappa shape index (κ1) is 72.1. The Morgan fingerprint density at radius 2 is 0.635 bits per heavy atom. The Morgan fingerprint density at radius 3 is 0.959 bits per heavy atom. The molecule has 0 aliphatic heterocycles. The van der Waals surface area contributed by atoms with Crippen LogP contribution in [0, 0.1) is 0 Å². The number of nitrogens with one attached hydrogen (secondary N) is 1. The third-order valence-corrected chi connectivity index (χ3v) is 15.4. The molecule has 0 aromatic heterocycles. The molecule has 1 amide bonds. The number of hydrogen-bond donors (Lipinski definition) is 3. The molecule has 2 unspecified atom stereocenters. The van der Waals surface area contributed by atoms with Gasteiger partial charge in [-0.15, -0.1) is 0 Å². The Balaban J connectivity index is 3.35. The number of amides is 1. The SMILES string of the molecule is CCCCCCCC/C=C\CCCCCCCCCC(=O)OCCCCCCCCCCCCCC/C=C\CCCCCCCCCCCCCCCCC(=O)NC(CO)C(O)/C=C/CCCCCCCCCC. The zero-order valence-electron chi connectivity index (χ0n) is 49.8. The van der Waals surface area contributed by atoms with E-state index < -0.39 is 12.1 Å². The molecule has 0 radical (unpaired) electrons. The van der Waals surface area contributed by atoms with Crippen molar-refractivity contribution in [2.75, 3.05) is 13.2 Å². The molecule has 0 fully saturated rings. The van der Waals surface area contributed by atoms with E-state index in [9.17, 15) is 19.8 Å². The second kappa shape index (κ2) is 63.6. The van der Waals surface area contributed by atoms with Crippen LogP contribution in [-0.2, 0) is 14.3 Å². The van der Waals surface area contributed by atoms with Gasteiger partial charge in [0.15, 0.2) is 0 Å². The Labute approximate surface area is 462 Å². The smallest absolute Gasteiger partial charge is 0.305 e. The van der Waals surface area contributed by atoms with E-state index in [0.717, 1.165) is 44.9 Å². The fourth-order valence-corrected chi connectivity index (χ4v) is 10.3. The quantitative estimate of drug-likeness (QED) is 0.0320. The second-order valence-electron chi connectivity index (χ2n) is 22.8. The average Bonchev–Trinajstić information content (AvgIpc) is 3.40. The van der Waals surface area contributed by atoms with Crippen molar-refractivity contribution in [3.05, 3.63) is 36.5 Å². The zero-order valence-corrected chi connectivity index (χ0v) is 49.8. The molecule has 0 saturated carbocycles. The lowest BCUT2D eigenvalue weighted by Crippen LogP contribution is -2.45. The maximum absolute atomic E-state index is 12.4. The molecule has 3 N–H and O–H groups in total. The van der Waals surface area contributed by atoms with E-state index in [4.69, 9.17) is 4.74 Å². The van der Waals surface area contributed by atoms with E-state index in [1.807, 2.05) is 6.08 Å². The van der Waals surface area contributed by atoms with Gasteiger partial charge in [-0.3, -0.25) is 9.59 Å². The number of carbonyl (C=O) groups is 2. The third kappa shape index (κ3) is 59.3. The lowest BCUT2D eigenvalue weighted by molar-refractivity contribution is -0.143. The monoisotopic (exact) mass is 1040 g/mol. The van der Waals surface area contributed by atoms with Gasteiger partial charge in [-0.2, -0.15) is 0 Å². The van der Waals surface area contributed by atoms with Crippen molar-refractivity contribution >= 4 is 11.9 Å². The summed E-state index contributed by atoms with van der Waals surface area (Å²) in [5, 5.41) is 23.0. The number of unbranched alkanes of at least 4 members (excludes halogenated alkanes) is 47. The Kier molecular flexibility index (Phi) is 62.0. The highest BCUT2D eigenvalue weighted by Gasteiger charge is 2.18. The number of allylic oxidation sites excluding steroid dienone is 5.